The minimum Gasteiger partial charge on any atom is -0.493 e. The van der Waals surface area contributed by atoms with Gasteiger partial charge in [0.2, 0.25) is 0 Å². The van der Waals surface area contributed by atoms with Gasteiger partial charge in [-0.3, -0.25) is 4.79 Å². The predicted molar refractivity (Wildman–Crippen MR) is 100 cm³/mol. The van der Waals surface area contributed by atoms with E-state index in [2.05, 4.69) is 5.32 Å². The van der Waals surface area contributed by atoms with Crippen LogP contribution in [0.2, 0.25) is 0 Å². The third kappa shape index (κ3) is 4.61. The van der Waals surface area contributed by atoms with E-state index < -0.39 is 0 Å². The second-order valence-electron chi connectivity index (χ2n) is 5.75. The van der Waals surface area contributed by atoms with Crippen LogP contribution in [-0.2, 0) is 13.2 Å². The second-order valence-corrected chi connectivity index (χ2v) is 5.75. The fourth-order valence-electron chi connectivity index (χ4n) is 2.58. The molecule has 0 atom stereocenters. The van der Waals surface area contributed by atoms with Crippen molar-refractivity contribution in [2.75, 3.05) is 14.2 Å². The smallest absolute Gasteiger partial charge is 0.287 e. The highest BCUT2D eigenvalue weighted by Crippen LogP contribution is 2.27. The SMILES string of the molecule is COc1ccc(CNC(=O)c2occc2COc2ccccc2)cc1OC. The Bertz CT molecular complexity index is 889. The molecular weight excluding hydrogens is 346 g/mol. The number of amides is 1. The maximum Gasteiger partial charge on any atom is 0.287 e. The summed E-state index contributed by atoms with van der Waals surface area (Å²) in [6.45, 7) is 0.582. The molecule has 3 aromatic rings. The van der Waals surface area contributed by atoms with Gasteiger partial charge in [-0.15, -0.1) is 0 Å². The highest BCUT2D eigenvalue weighted by molar-refractivity contribution is 5.92. The zero-order chi connectivity index (χ0) is 19.1. The number of para-hydroxylation sites is 1. The van der Waals surface area contributed by atoms with Crippen molar-refractivity contribution in [3.8, 4) is 17.2 Å². The van der Waals surface area contributed by atoms with E-state index in [9.17, 15) is 4.79 Å². The summed E-state index contributed by atoms with van der Waals surface area (Å²) >= 11 is 0. The van der Waals surface area contributed by atoms with Crippen LogP contribution in [0.15, 0.2) is 65.3 Å². The maximum atomic E-state index is 12.5. The molecule has 0 fully saturated rings. The molecule has 0 unspecified atom stereocenters. The molecular formula is C21H21NO5. The normalized spacial score (nSPS) is 10.3. The molecule has 27 heavy (non-hydrogen) atoms. The Kier molecular flexibility index (Phi) is 5.99. The van der Waals surface area contributed by atoms with E-state index in [4.69, 9.17) is 18.6 Å². The Hall–Kier alpha value is -3.41. The summed E-state index contributed by atoms with van der Waals surface area (Å²) in [4.78, 5) is 12.5. The molecule has 6 heteroatoms. The van der Waals surface area contributed by atoms with Crippen LogP contribution in [0.1, 0.15) is 21.7 Å². The molecule has 0 spiro atoms. The lowest BCUT2D eigenvalue weighted by molar-refractivity contribution is 0.0919. The van der Waals surface area contributed by atoms with E-state index >= 15 is 0 Å². The van der Waals surface area contributed by atoms with Crippen molar-refractivity contribution in [2.45, 2.75) is 13.2 Å². The number of carbonyl (C=O) groups is 1. The first kappa shape index (κ1) is 18.4. The summed E-state index contributed by atoms with van der Waals surface area (Å²) in [5, 5.41) is 2.84. The molecule has 1 N–H and O–H groups in total. The van der Waals surface area contributed by atoms with Crippen molar-refractivity contribution in [2.24, 2.45) is 0 Å². The standard InChI is InChI=1S/C21H21NO5/c1-24-18-9-8-15(12-19(18)25-2)13-22-21(23)20-16(10-11-26-20)14-27-17-6-4-3-5-7-17/h3-12H,13-14H2,1-2H3,(H,22,23). The first-order valence-corrected chi connectivity index (χ1v) is 8.44. The average molecular weight is 367 g/mol. The minimum absolute atomic E-state index is 0.242. The van der Waals surface area contributed by atoms with Crippen LogP contribution in [0.3, 0.4) is 0 Å². The van der Waals surface area contributed by atoms with Gasteiger partial charge in [-0.2, -0.15) is 0 Å². The molecule has 1 aromatic heterocycles. The fourth-order valence-corrected chi connectivity index (χ4v) is 2.58. The van der Waals surface area contributed by atoms with Gasteiger partial charge < -0.3 is 23.9 Å². The van der Waals surface area contributed by atoms with Gasteiger partial charge in [-0.25, -0.2) is 0 Å². The molecule has 6 nitrogen and oxygen atoms in total. The molecule has 0 bridgehead atoms. The number of furan rings is 1. The van der Waals surface area contributed by atoms with Crippen molar-refractivity contribution in [1.29, 1.82) is 0 Å². The van der Waals surface area contributed by atoms with Gasteiger partial charge >= 0.3 is 0 Å². The third-order valence-electron chi connectivity index (χ3n) is 3.99. The highest BCUT2D eigenvalue weighted by atomic mass is 16.5. The van der Waals surface area contributed by atoms with E-state index in [0.717, 1.165) is 11.3 Å². The molecule has 0 radical (unpaired) electrons. The van der Waals surface area contributed by atoms with Crippen LogP contribution in [0.25, 0.3) is 0 Å². The van der Waals surface area contributed by atoms with E-state index in [1.807, 2.05) is 42.5 Å². The third-order valence-corrected chi connectivity index (χ3v) is 3.99. The lowest BCUT2D eigenvalue weighted by atomic mass is 10.2. The average Bonchev–Trinajstić information content (AvgIpc) is 3.19. The monoisotopic (exact) mass is 367 g/mol. The van der Waals surface area contributed by atoms with Gasteiger partial charge in [0.05, 0.1) is 20.5 Å². The summed E-state index contributed by atoms with van der Waals surface area (Å²) in [5.41, 5.74) is 1.57. The largest absolute Gasteiger partial charge is 0.493 e. The summed E-state index contributed by atoms with van der Waals surface area (Å²) in [6.07, 6.45) is 1.48. The molecule has 1 amide bonds. The minimum atomic E-state index is -0.304. The maximum absolute atomic E-state index is 12.5. The number of benzene rings is 2. The van der Waals surface area contributed by atoms with Crippen molar-refractivity contribution >= 4 is 5.91 Å². The predicted octanol–water partition coefficient (Wildman–Crippen LogP) is 3.81. The number of nitrogens with one attached hydrogen (secondary N) is 1. The fraction of sp³-hybridized carbons (Fsp3) is 0.190. The number of methoxy groups -OCH3 is 2. The summed E-state index contributed by atoms with van der Waals surface area (Å²) in [5.74, 6) is 1.92. The molecule has 140 valence electrons. The summed E-state index contributed by atoms with van der Waals surface area (Å²) < 4.78 is 21.5. The number of hydrogen-bond donors (Lipinski definition) is 1. The van der Waals surface area contributed by atoms with Crippen LogP contribution in [0.5, 0.6) is 17.2 Å². The molecule has 0 aliphatic rings. The van der Waals surface area contributed by atoms with Gasteiger partial charge in [0.1, 0.15) is 12.4 Å². The Labute approximate surface area is 157 Å². The van der Waals surface area contributed by atoms with Crippen molar-refractivity contribution in [1.82, 2.24) is 5.32 Å². The van der Waals surface area contributed by atoms with Crippen LogP contribution in [0, 0.1) is 0 Å². The Morgan fingerprint density at radius 3 is 2.52 bits per heavy atom. The second kappa shape index (κ2) is 8.80. The van der Waals surface area contributed by atoms with Gasteiger partial charge in [-0.05, 0) is 35.9 Å². The van der Waals surface area contributed by atoms with Crippen LogP contribution >= 0.6 is 0 Å². The van der Waals surface area contributed by atoms with Gasteiger partial charge in [0.15, 0.2) is 17.3 Å². The lowest BCUT2D eigenvalue weighted by Gasteiger charge is -2.10. The van der Waals surface area contributed by atoms with E-state index in [1.54, 1.807) is 26.4 Å². The Morgan fingerprint density at radius 2 is 1.78 bits per heavy atom. The van der Waals surface area contributed by atoms with E-state index in [0.29, 0.717) is 23.6 Å². The molecule has 1 heterocycles. The number of rotatable bonds is 8. The highest BCUT2D eigenvalue weighted by Gasteiger charge is 2.16. The summed E-state index contributed by atoms with van der Waals surface area (Å²) in [7, 11) is 3.15. The van der Waals surface area contributed by atoms with Crippen LogP contribution < -0.4 is 19.5 Å². The quantitative estimate of drug-likeness (QED) is 0.656. The van der Waals surface area contributed by atoms with Crippen LogP contribution in [0.4, 0.5) is 0 Å². The Balaban J connectivity index is 1.61. The Morgan fingerprint density at radius 1 is 1.00 bits per heavy atom. The van der Waals surface area contributed by atoms with E-state index in [1.165, 1.54) is 6.26 Å². The number of carbonyl (C=O) groups excluding carboxylic acids is 1. The molecule has 3 rings (SSSR count). The van der Waals surface area contributed by atoms with Crippen molar-refractivity contribution < 1.29 is 23.4 Å². The first-order chi connectivity index (χ1) is 13.2. The van der Waals surface area contributed by atoms with Crippen LogP contribution in [-0.4, -0.2) is 20.1 Å². The molecule has 0 saturated heterocycles. The number of hydrogen-bond acceptors (Lipinski definition) is 5. The van der Waals surface area contributed by atoms with Gasteiger partial charge in [0.25, 0.3) is 5.91 Å². The summed E-state index contributed by atoms with van der Waals surface area (Å²) in [6, 6.07) is 16.6. The van der Waals surface area contributed by atoms with Crippen molar-refractivity contribution in [3.63, 3.8) is 0 Å². The molecule has 2 aromatic carbocycles. The van der Waals surface area contributed by atoms with Gasteiger partial charge in [-0.1, -0.05) is 24.3 Å². The molecule has 0 saturated carbocycles. The molecule has 0 aliphatic carbocycles. The zero-order valence-corrected chi connectivity index (χ0v) is 15.2. The lowest BCUT2D eigenvalue weighted by Crippen LogP contribution is -2.23. The topological polar surface area (TPSA) is 69.9 Å². The zero-order valence-electron chi connectivity index (χ0n) is 15.2. The number of ether oxygens (including phenoxy) is 3. The molecule has 0 aliphatic heterocycles. The van der Waals surface area contributed by atoms with E-state index in [-0.39, 0.29) is 18.3 Å². The van der Waals surface area contributed by atoms with Gasteiger partial charge in [0, 0.05) is 12.1 Å². The first-order valence-electron chi connectivity index (χ1n) is 8.44. The van der Waals surface area contributed by atoms with Crippen molar-refractivity contribution in [3.05, 3.63) is 77.7 Å².